The summed E-state index contributed by atoms with van der Waals surface area (Å²) in [5, 5.41) is 20.3. The highest BCUT2D eigenvalue weighted by atomic mass is 19.4. The number of alkyl halides is 15. The number of halogens is 15. The molecule has 260 valence electrons. The van der Waals surface area contributed by atoms with Gasteiger partial charge in [-0.25, -0.2) is 9.36 Å². The number of rotatable bonds is 7. The predicted octanol–water partition coefficient (Wildman–Crippen LogP) is 5.97. The summed E-state index contributed by atoms with van der Waals surface area (Å²) in [5.41, 5.74) is -2.15. The third-order valence-corrected chi connectivity index (χ3v) is 8.02. The summed E-state index contributed by atoms with van der Waals surface area (Å²) in [6, 6.07) is 3.17. The molecule has 0 radical (unpaired) electrons. The lowest BCUT2D eigenvalue weighted by Gasteiger charge is -2.42. The Kier molecular flexibility index (Phi) is 7.18. The van der Waals surface area contributed by atoms with Crippen molar-refractivity contribution >= 4 is 16.8 Å². The Hall–Kier alpha value is -4.65. The van der Waals surface area contributed by atoms with Crippen molar-refractivity contribution in [3.8, 4) is 17.6 Å². The van der Waals surface area contributed by atoms with Crippen molar-refractivity contribution in [2.75, 3.05) is 6.54 Å². The monoisotopic (exact) mass is 715 g/mol. The minimum absolute atomic E-state index is 0.00638. The number of benzene rings is 1. The van der Waals surface area contributed by atoms with Crippen LogP contribution in [0, 0.1) is 11.3 Å². The fourth-order valence-corrected chi connectivity index (χ4v) is 5.61. The minimum Gasteiger partial charge on any atom is -0.493 e. The van der Waals surface area contributed by atoms with Gasteiger partial charge in [0, 0.05) is 18.1 Å². The van der Waals surface area contributed by atoms with Crippen LogP contribution in [-0.2, 0) is 4.79 Å². The van der Waals surface area contributed by atoms with Crippen LogP contribution in [0.2, 0.25) is 0 Å². The second kappa shape index (κ2) is 9.94. The maximum atomic E-state index is 14.8. The van der Waals surface area contributed by atoms with E-state index in [2.05, 4.69) is 4.98 Å². The summed E-state index contributed by atoms with van der Waals surface area (Å²) >= 11 is 0. The molecule has 0 spiro atoms. The van der Waals surface area contributed by atoms with E-state index < -0.39 is 94.8 Å². The topological polar surface area (TPSA) is 104 Å². The van der Waals surface area contributed by atoms with Crippen LogP contribution in [0.3, 0.4) is 0 Å². The molecule has 5 rings (SSSR count). The van der Waals surface area contributed by atoms with Crippen molar-refractivity contribution in [1.82, 2.24) is 19.0 Å². The SMILES string of the molecule is N#Cc1ccc(-n2c(O)c3n(c2=O)[C@@H]2CC3N(C(=O)C(F)(F)C(F)(F)C(F)(F)C(F)(F)C(F)(F)C(F)(F)C(F)(F)F)C2)c2cccnc12. The van der Waals surface area contributed by atoms with Gasteiger partial charge in [-0.1, -0.05) is 0 Å². The van der Waals surface area contributed by atoms with Crippen LogP contribution in [0.1, 0.15) is 29.8 Å². The summed E-state index contributed by atoms with van der Waals surface area (Å²) in [6.07, 6.45) is -7.19. The van der Waals surface area contributed by atoms with Crippen molar-refractivity contribution in [2.45, 2.75) is 60.2 Å². The molecule has 0 saturated carbocycles. The number of aromatic nitrogens is 3. The number of fused-ring (bicyclic) bond motifs is 6. The van der Waals surface area contributed by atoms with Crippen LogP contribution in [0.5, 0.6) is 5.88 Å². The number of aromatic hydroxyl groups is 1. The van der Waals surface area contributed by atoms with Crippen LogP contribution in [0.25, 0.3) is 16.6 Å². The first-order valence-electron chi connectivity index (χ1n) is 12.7. The van der Waals surface area contributed by atoms with E-state index >= 15 is 0 Å². The van der Waals surface area contributed by atoms with Gasteiger partial charge in [0.1, 0.15) is 11.8 Å². The molecule has 1 N–H and O–H groups in total. The quantitative estimate of drug-likeness (QED) is 0.304. The molecule has 48 heavy (non-hydrogen) atoms. The van der Waals surface area contributed by atoms with E-state index in [0.717, 1.165) is 12.1 Å². The van der Waals surface area contributed by atoms with Crippen LogP contribution in [0.15, 0.2) is 35.3 Å². The Labute approximate surface area is 254 Å². The van der Waals surface area contributed by atoms with E-state index in [-0.39, 0.29) is 22.2 Å². The summed E-state index contributed by atoms with van der Waals surface area (Å²) in [4.78, 5) is 29.5. The summed E-state index contributed by atoms with van der Waals surface area (Å²) in [5.74, 6) is -53.6. The van der Waals surface area contributed by atoms with E-state index in [4.69, 9.17) is 0 Å². The van der Waals surface area contributed by atoms with Gasteiger partial charge in [-0.05, 0) is 30.7 Å². The lowest BCUT2D eigenvalue weighted by Crippen LogP contribution is -2.74. The largest absolute Gasteiger partial charge is 0.493 e. The molecule has 2 aromatic heterocycles. The maximum absolute atomic E-state index is 14.8. The highest BCUT2D eigenvalue weighted by molar-refractivity contribution is 5.91. The molecule has 3 aromatic rings. The maximum Gasteiger partial charge on any atom is 0.460 e. The summed E-state index contributed by atoms with van der Waals surface area (Å²) in [7, 11) is 0. The van der Waals surface area contributed by atoms with Crippen LogP contribution < -0.4 is 5.69 Å². The van der Waals surface area contributed by atoms with Gasteiger partial charge in [0.05, 0.1) is 28.9 Å². The number of imidazole rings is 1. The highest BCUT2D eigenvalue weighted by Gasteiger charge is 2.94. The molecule has 1 unspecified atom stereocenters. The number of hydrogen-bond acceptors (Lipinski definition) is 5. The molecule has 4 heterocycles. The highest BCUT2D eigenvalue weighted by Crippen LogP contribution is 2.63. The van der Waals surface area contributed by atoms with Gasteiger partial charge in [0.25, 0.3) is 0 Å². The Bertz CT molecular complexity index is 1940. The Morgan fingerprint density at radius 1 is 0.854 bits per heavy atom. The van der Waals surface area contributed by atoms with Gasteiger partial charge in [0.15, 0.2) is 0 Å². The van der Waals surface area contributed by atoms with Crippen molar-refractivity contribution in [2.24, 2.45) is 0 Å². The molecule has 2 aliphatic rings. The normalized spacial score (nSPS) is 19.2. The number of carbonyl (C=O) groups excluding carboxylic acids is 1. The molecule has 0 aliphatic carbocycles. The summed E-state index contributed by atoms with van der Waals surface area (Å²) < 4.78 is 206. The zero-order chi connectivity index (χ0) is 36.4. The van der Waals surface area contributed by atoms with Crippen LogP contribution in [-0.4, -0.2) is 78.3 Å². The number of amides is 1. The Morgan fingerprint density at radius 3 is 1.98 bits per heavy atom. The second-order valence-corrected chi connectivity index (χ2v) is 10.6. The van der Waals surface area contributed by atoms with Crippen LogP contribution >= 0.6 is 0 Å². The van der Waals surface area contributed by atoms with Gasteiger partial charge in [0.2, 0.25) is 5.88 Å². The number of nitrogens with zero attached hydrogens (tertiary/aromatic N) is 5. The van der Waals surface area contributed by atoms with Crippen molar-refractivity contribution in [1.29, 1.82) is 5.26 Å². The summed E-state index contributed by atoms with van der Waals surface area (Å²) in [6.45, 7) is -1.24. The van der Waals surface area contributed by atoms with Crippen LogP contribution in [0.4, 0.5) is 65.9 Å². The molecule has 23 heteroatoms. The third-order valence-electron chi connectivity index (χ3n) is 8.02. The van der Waals surface area contributed by atoms with Crippen molar-refractivity contribution in [3.05, 3.63) is 52.2 Å². The number of pyridine rings is 1. The van der Waals surface area contributed by atoms with Gasteiger partial charge in [-0.15, -0.1) is 0 Å². The van der Waals surface area contributed by atoms with Gasteiger partial charge < -0.3 is 10.0 Å². The third kappa shape index (κ3) is 4.02. The van der Waals surface area contributed by atoms with Crippen molar-refractivity contribution < 1.29 is 75.8 Å². The predicted molar refractivity (Wildman–Crippen MR) is 126 cm³/mol. The smallest absolute Gasteiger partial charge is 0.460 e. The molecule has 8 nitrogen and oxygen atoms in total. The average molecular weight is 715 g/mol. The molecule has 1 amide bonds. The zero-order valence-corrected chi connectivity index (χ0v) is 22.6. The van der Waals surface area contributed by atoms with E-state index in [1.807, 2.05) is 0 Å². The first kappa shape index (κ1) is 34.7. The number of carbonyl (C=O) groups is 1. The first-order chi connectivity index (χ1) is 21.7. The molecule has 1 aromatic carbocycles. The van der Waals surface area contributed by atoms with E-state index in [0.29, 0.717) is 9.13 Å². The molecule has 2 bridgehead atoms. The molecule has 1 fully saturated rings. The number of nitriles is 1. The Morgan fingerprint density at radius 2 is 1.42 bits per heavy atom. The lowest BCUT2D eigenvalue weighted by molar-refractivity contribution is -0.450. The fourth-order valence-electron chi connectivity index (χ4n) is 5.61. The van der Waals surface area contributed by atoms with E-state index in [1.54, 1.807) is 6.07 Å². The van der Waals surface area contributed by atoms with E-state index in [1.165, 1.54) is 18.3 Å². The van der Waals surface area contributed by atoms with Gasteiger partial charge in [-0.3, -0.25) is 14.3 Å². The lowest BCUT2D eigenvalue weighted by atomic mass is 9.90. The standard InChI is InChI=1S/C25H12F15N5O3/c26-19(27,20(28,29)21(30,31)22(32,33)23(34,35)24(36,37)25(38,39)40)17(47)43-8-10-6-13(43)15-16(46)45(18(48)44(10)15)12-4-3-9(7-41)14-11(12)2-1-5-42-14/h1-5,10,13,46H,6,8H2/t10-,13?/m1/s1. The van der Waals surface area contributed by atoms with Gasteiger partial charge >= 0.3 is 53.3 Å². The molecule has 2 aliphatic heterocycles. The first-order valence-corrected chi connectivity index (χ1v) is 12.7. The molecular formula is C25H12F15N5O3. The zero-order valence-electron chi connectivity index (χ0n) is 22.6. The van der Waals surface area contributed by atoms with Crippen molar-refractivity contribution in [3.63, 3.8) is 0 Å². The van der Waals surface area contributed by atoms with Gasteiger partial charge in [-0.2, -0.15) is 71.1 Å². The number of hydrogen-bond donors (Lipinski definition) is 1. The Balaban J connectivity index is 1.54. The number of likely N-dealkylation sites (tertiary alicyclic amines) is 1. The fraction of sp³-hybridized carbons (Fsp3) is 0.440. The van der Waals surface area contributed by atoms with E-state index in [9.17, 15) is 85.8 Å². The molecule has 1 saturated heterocycles. The minimum atomic E-state index is -8.56. The molecule has 2 atom stereocenters. The second-order valence-electron chi connectivity index (χ2n) is 10.6. The average Bonchev–Trinajstić information content (AvgIpc) is 3.66. The molecular weight excluding hydrogens is 703 g/mol.